The largest absolute Gasteiger partial charge is 0.344 e. The van der Waals surface area contributed by atoms with Crippen molar-refractivity contribution in [1.29, 1.82) is 0 Å². The van der Waals surface area contributed by atoms with E-state index >= 15 is 0 Å². The molecule has 0 spiro atoms. The minimum absolute atomic E-state index is 0.0617. The summed E-state index contributed by atoms with van der Waals surface area (Å²) in [6.07, 6.45) is 4.21. The van der Waals surface area contributed by atoms with Crippen LogP contribution in [0.5, 0.6) is 0 Å². The normalized spacial score (nSPS) is 10.8. The number of nitro groups is 1. The molecule has 3 aromatic carbocycles. The molecule has 1 aromatic heterocycles. The Morgan fingerprint density at radius 2 is 1.78 bits per heavy atom. The molecule has 11 heteroatoms. The van der Waals surface area contributed by atoms with Crippen LogP contribution in [-0.4, -0.2) is 31.0 Å². The quantitative estimate of drug-likeness (QED) is 0.129. The standard InChI is InChI=1S/C26H22Cl3N5O2S/c27-20-6-8-21(9-7-20)31-26(37)32(16-19-2-1-3-24(28)25(19)29)13-12-23-14-30-17-33(23)15-18-4-10-22(11-5-18)34(35)36/h1-11,14,17H,12-13,15-16H2,(H,31,37). The fourth-order valence-corrected chi connectivity index (χ4v) is 4.51. The van der Waals surface area contributed by atoms with Gasteiger partial charge in [-0.15, -0.1) is 0 Å². The van der Waals surface area contributed by atoms with E-state index < -0.39 is 4.92 Å². The van der Waals surface area contributed by atoms with Crippen molar-refractivity contribution in [3.05, 3.63) is 121 Å². The van der Waals surface area contributed by atoms with Crippen LogP contribution in [-0.2, 0) is 19.5 Å². The summed E-state index contributed by atoms with van der Waals surface area (Å²) in [7, 11) is 0. The molecule has 0 saturated carbocycles. The maximum Gasteiger partial charge on any atom is 0.269 e. The van der Waals surface area contributed by atoms with Gasteiger partial charge in [-0.05, 0) is 53.7 Å². The number of nitrogens with one attached hydrogen (secondary N) is 1. The lowest BCUT2D eigenvalue weighted by Crippen LogP contribution is -2.36. The van der Waals surface area contributed by atoms with Crippen LogP contribution in [0.1, 0.15) is 16.8 Å². The SMILES string of the molecule is O=[N+]([O-])c1ccc(Cn2cncc2CCN(Cc2cccc(Cl)c2Cl)C(=S)Nc2ccc(Cl)cc2)cc1. The summed E-state index contributed by atoms with van der Waals surface area (Å²) in [5, 5.41) is 16.3. The summed E-state index contributed by atoms with van der Waals surface area (Å²) in [6.45, 7) is 1.57. The Kier molecular flexibility index (Phi) is 9.00. The summed E-state index contributed by atoms with van der Waals surface area (Å²) < 4.78 is 2.02. The van der Waals surface area contributed by atoms with Crippen LogP contribution in [0.4, 0.5) is 11.4 Å². The minimum atomic E-state index is -0.409. The van der Waals surface area contributed by atoms with Gasteiger partial charge in [-0.1, -0.05) is 59.1 Å². The second kappa shape index (κ2) is 12.4. The van der Waals surface area contributed by atoms with Crippen LogP contribution in [0.25, 0.3) is 0 Å². The summed E-state index contributed by atoms with van der Waals surface area (Å²) in [5.41, 5.74) is 3.67. The predicted octanol–water partition coefficient (Wildman–Crippen LogP) is 7.24. The molecular formula is C26H22Cl3N5O2S. The first-order valence-corrected chi connectivity index (χ1v) is 12.8. The zero-order valence-electron chi connectivity index (χ0n) is 19.5. The Bertz CT molecular complexity index is 1390. The lowest BCUT2D eigenvalue weighted by atomic mass is 10.2. The number of hydrogen-bond acceptors (Lipinski definition) is 4. The van der Waals surface area contributed by atoms with Crippen molar-refractivity contribution in [2.24, 2.45) is 0 Å². The molecule has 0 atom stereocenters. The van der Waals surface area contributed by atoms with Crippen molar-refractivity contribution in [1.82, 2.24) is 14.5 Å². The van der Waals surface area contributed by atoms with Gasteiger partial charge in [0.25, 0.3) is 5.69 Å². The Morgan fingerprint density at radius 3 is 2.49 bits per heavy atom. The van der Waals surface area contributed by atoms with Crippen molar-refractivity contribution in [3.63, 3.8) is 0 Å². The number of imidazole rings is 1. The Morgan fingerprint density at radius 1 is 1.05 bits per heavy atom. The first-order chi connectivity index (χ1) is 17.8. The van der Waals surface area contributed by atoms with Gasteiger partial charge in [0.05, 0.1) is 21.3 Å². The molecule has 190 valence electrons. The summed E-state index contributed by atoms with van der Waals surface area (Å²) in [4.78, 5) is 16.9. The maximum absolute atomic E-state index is 10.9. The fourth-order valence-electron chi connectivity index (χ4n) is 3.73. The van der Waals surface area contributed by atoms with Crippen molar-refractivity contribution in [3.8, 4) is 0 Å². The molecule has 0 aliphatic carbocycles. The van der Waals surface area contributed by atoms with Crippen molar-refractivity contribution in [2.75, 3.05) is 11.9 Å². The third-order valence-corrected chi connectivity index (χ3v) is 7.18. The van der Waals surface area contributed by atoms with Crippen molar-refractivity contribution < 1.29 is 4.92 Å². The lowest BCUT2D eigenvalue weighted by molar-refractivity contribution is -0.384. The molecule has 4 rings (SSSR count). The van der Waals surface area contributed by atoms with E-state index in [0.29, 0.717) is 46.2 Å². The molecular weight excluding hydrogens is 553 g/mol. The highest BCUT2D eigenvalue weighted by atomic mass is 35.5. The molecule has 0 amide bonds. The van der Waals surface area contributed by atoms with Gasteiger partial charge in [-0.2, -0.15) is 0 Å². The van der Waals surface area contributed by atoms with Gasteiger partial charge in [0.1, 0.15) is 0 Å². The average Bonchev–Trinajstić information content (AvgIpc) is 3.32. The number of aromatic nitrogens is 2. The third-order valence-electron chi connectivity index (χ3n) is 5.71. The number of rotatable bonds is 9. The van der Waals surface area contributed by atoms with E-state index in [0.717, 1.165) is 22.5 Å². The van der Waals surface area contributed by atoms with E-state index in [1.165, 1.54) is 12.1 Å². The molecule has 0 saturated heterocycles. The zero-order valence-corrected chi connectivity index (χ0v) is 22.6. The summed E-state index contributed by atoms with van der Waals surface area (Å²) in [6, 6.07) is 19.3. The van der Waals surface area contributed by atoms with Crippen molar-refractivity contribution in [2.45, 2.75) is 19.5 Å². The van der Waals surface area contributed by atoms with E-state index in [9.17, 15) is 10.1 Å². The van der Waals surface area contributed by atoms with E-state index in [-0.39, 0.29) is 5.69 Å². The predicted molar refractivity (Wildman–Crippen MR) is 153 cm³/mol. The number of non-ortho nitro benzene ring substituents is 1. The van der Waals surface area contributed by atoms with E-state index in [4.69, 9.17) is 47.0 Å². The smallest absolute Gasteiger partial charge is 0.269 e. The molecule has 1 N–H and O–H groups in total. The molecule has 37 heavy (non-hydrogen) atoms. The van der Waals surface area contributed by atoms with E-state index in [1.54, 1.807) is 36.7 Å². The monoisotopic (exact) mass is 573 g/mol. The molecule has 0 unspecified atom stereocenters. The van der Waals surface area contributed by atoms with Crippen LogP contribution in [0.2, 0.25) is 15.1 Å². The number of nitrogens with zero attached hydrogens (tertiary/aromatic N) is 4. The summed E-state index contributed by atoms with van der Waals surface area (Å²) >= 11 is 24.5. The molecule has 0 bridgehead atoms. The number of thiocarbonyl (C=S) groups is 1. The first kappa shape index (κ1) is 26.9. The second-order valence-electron chi connectivity index (χ2n) is 8.26. The lowest BCUT2D eigenvalue weighted by Gasteiger charge is -2.27. The Hall–Kier alpha value is -3.17. The molecule has 0 radical (unpaired) electrons. The second-order valence-corrected chi connectivity index (χ2v) is 9.87. The minimum Gasteiger partial charge on any atom is -0.344 e. The van der Waals surface area contributed by atoms with Crippen LogP contribution < -0.4 is 5.32 Å². The van der Waals surface area contributed by atoms with Gasteiger partial charge in [0.2, 0.25) is 0 Å². The number of anilines is 1. The van der Waals surface area contributed by atoms with E-state index in [2.05, 4.69) is 10.3 Å². The fraction of sp³-hybridized carbons (Fsp3) is 0.154. The average molecular weight is 575 g/mol. The molecule has 1 heterocycles. The highest BCUT2D eigenvalue weighted by molar-refractivity contribution is 7.80. The molecule has 0 fully saturated rings. The first-order valence-electron chi connectivity index (χ1n) is 11.3. The highest BCUT2D eigenvalue weighted by Crippen LogP contribution is 2.27. The van der Waals surface area contributed by atoms with Crippen LogP contribution in [0.3, 0.4) is 0 Å². The molecule has 4 aromatic rings. The molecule has 7 nitrogen and oxygen atoms in total. The molecule has 0 aliphatic heterocycles. The van der Waals surface area contributed by atoms with Gasteiger partial charge in [-0.3, -0.25) is 10.1 Å². The van der Waals surface area contributed by atoms with Crippen LogP contribution in [0, 0.1) is 10.1 Å². The van der Waals surface area contributed by atoms with Gasteiger partial charge < -0.3 is 14.8 Å². The third kappa shape index (κ3) is 7.20. The van der Waals surface area contributed by atoms with Gasteiger partial charge >= 0.3 is 0 Å². The number of benzene rings is 3. The Balaban J connectivity index is 1.50. The topological polar surface area (TPSA) is 76.2 Å². The summed E-state index contributed by atoms with van der Waals surface area (Å²) in [5.74, 6) is 0. The highest BCUT2D eigenvalue weighted by Gasteiger charge is 2.16. The van der Waals surface area contributed by atoms with Crippen LogP contribution in [0.15, 0.2) is 79.3 Å². The van der Waals surface area contributed by atoms with Gasteiger partial charge in [0, 0.05) is 60.8 Å². The van der Waals surface area contributed by atoms with E-state index in [1.807, 2.05) is 39.9 Å². The van der Waals surface area contributed by atoms with Gasteiger partial charge in [-0.25, -0.2) is 4.98 Å². The van der Waals surface area contributed by atoms with Gasteiger partial charge in [0.15, 0.2) is 5.11 Å². The van der Waals surface area contributed by atoms with Crippen LogP contribution >= 0.6 is 47.0 Å². The number of hydrogen-bond donors (Lipinski definition) is 1. The zero-order chi connectivity index (χ0) is 26.4. The number of nitro benzene ring substituents is 1. The molecule has 0 aliphatic rings. The number of halogens is 3. The maximum atomic E-state index is 10.9. The van der Waals surface area contributed by atoms with Crippen molar-refractivity contribution >= 4 is 63.5 Å². The Labute approximate surface area is 234 Å².